The smallest absolute Gasteiger partial charge is 0.329 e. The predicted molar refractivity (Wildman–Crippen MR) is 105 cm³/mol. The molecular formula is C20H29N3O4. The number of nitrogens with one attached hydrogen (secondary N) is 1. The number of hydrogen-bond acceptors (Lipinski definition) is 3. The van der Waals surface area contributed by atoms with Gasteiger partial charge in [-0.05, 0) is 30.9 Å². The normalized spacial score (nSPS) is 12.4. The highest BCUT2D eigenvalue weighted by Crippen LogP contribution is 2.14. The molecule has 0 fully saturated rings. The largest absolute Gasteiger partial charge is 0.481 e. The van der Waals surface area contributed by atoms with Gasteiger partial charge in [0.2, 0.25) is 5.91 Å². The van der Waals surface area contributed by atoms with Gasteiger partial charge < -0.3 is 10.4 Å². The van der Waals surface area contributed by atoms with Crippen LogP contribution < -0.4 is 11.0 Å². The van der Waals surface area contributed by atoms with Crippen LogP contribution in [-0.2, 0) is 22.7 Å². The number of nitrogens with zero attached hydrogens (tertiary/aromatic N) is 2. The fourth-order valence-electron chi connectivity index (χ4n) is 3.31. The predicted octanol–water partition coefficient (Wildman–Crippen LogP) is 2.47. The van der Waals surface area contributed by atoms with Gasteiger partial charge in [0, 0.05) is 26.1 Å². The average Bonchev–Trinajstić information content (AvgIpc) is 2.88. The summed E-state index contributed by atoms with van der Waals surface area (Å²) in [6.45, 7) is 6.94. The Kier molecular flexibility index (Phi) is 7.21. The molecule has 1 amide bonds. The van der Waals surface area contributed by atoms with E-state index in [4.69, 9.17) is 0 Å². The number of hydrogen-bond donors (Lipinski definition) is 2. The number of aliphatic carboxylic acids is 1. The zero-order chi connectivity index (χ0) is 20.0. The van der Waals surface area contributed by atoms with E-state index in [2.05, 4.69) is 5.32 Å². The van der Waals surface area contributed by atoms with Gasteiger partial charge >= 0.3 is 11.7 Å². The van der Waals surface area contributed by atoms with Gasteiger partial charge in [0.15, 0.2) is 0 Å². The van der Waals surface area contributed by atoms with Gasteiger partial charge in [-0.25, -0.2) is 4.79 Å². The minimum absolute atomic E-state index is 0.110. The Bertz CT molecular complexity index is 851. The number of aryl methyl sites for hydroxylation is 2. The van der Waals surface area contributed by atoms with Crippen molar-refractivity contribution in [2.24, 2.45) is 11.8 Å². The second kappa shape index (κ2) is 9.39. The second-order valence-electron chi connectivity index (χ2n) is 7.29. The summed E-state index contributed by atoms with van der Waals surface area (Å²) >= 11 is 0. The van der Waals surface area contributed by atoms with E-state index in [1.165, 1.54) is 0 Å². The first-order valence-corrected chi connectivity index (χ1v) is 9.52. The van der Waals surface area contributed by atoms with Crippen LogP contribution in [0, 0.1) is 11.8 Å². The lowest BCUT2D eigenvalue weighted by molar-refractivity contribution is -0.142. The minimum Gasteiger partial charge on any atom is -0.481 e. The van der Waals surface area contributed by atoms with Gasteiger partial charge in [-0.15, -0.1) is 0 Å². The van der Waals surface area contributed by atoms with Crippen LogP contribution in [0.1, 0.15) is 40.0 Å². The maximum atomic E-state index is 12.7. The van der Waals surface area contributed by atoms with Gasteiger partial charge in [0.05, 0.1) is 17.0 Å². The van der Waals surface area contributed by atoms with E-state index in [1.807, 2.05) is 45.0 Å². The lowest BCUT2D eigenvalue weighted by Crippen LogP contribution is -2.34. The molecule has 0 aliphatic carbocycles. The molecule has 0 saturated carbocycles. The monoisotopic (exact) mass is 375 g/mol. The maximum absolute atomic E-state index is 12.7. The van der Waals surface area contributed by atoms with Gasteiger partial charge in [0.25, 0.3) is 0 Å². The van der Waals surface area contributed by atoms with Crippen molar-refractivity contribution in [2.45, 2.75) is 53.1 Å². The fourth-order valence-corrected chi connectivity index (χ4v) is 3.31. The fraction of sp³-hybridized carbons (Fsp3) is 0.550. The van der Waals surface area contributed by atoms with E-state index in [9.17, 15) is 19.5 Å². The summed E-state index contributed by atoms with van der Waals surface area (Å²) in [6, 6.07) is 7.56. The molecule has 2 aromatic rings. The third kappa shape index (κ3) is 5.21. The average molecular weight is 375 g/mol. The Morgan fingerprint density at radius 1 is 1.11 bits per heavy atom. The summed E-state index contributed by atoms with van der Waals surface area (Å²) in [5, 5.41) is 11.9. The van der Waals surface area contributed by atoms with Crippen LogP contribution in [0.3, 0.4) is 0 Å². The molecule has 2 rings (SSSR count). The first kappa shape index (κ1) is 20.7. The van der Waals surface area contributed by atoms with Crippen LogP contribution in [-0.4, -0.2) is 32.7 Å². The van der Waals surface area contributed by atoms with Crippen LogP contribution in [0.5, 0.6) is 0 Å². The van der Waals surface area contributed by atoms with Crippen molar-refractivity contribution in [3.8, 4) is 0 Å². The van der Waals surface area contributed by atoms with Crippen LogP contribution in [0.2, 0.25) is 0 Å². The summed E-state index contributed by atoms with van der Waals surface area (Å²) < 4.78 is 3.35. The molecule has 7 nitrogen and oxygen atoms in total. The molecule has 0 bridgehead atoms. The molecule has 1 aromatic carbocycles. The highest BCUT2D eigenvalue weighted by molar-refractivity contribution is 5.78. The third-order valence-corrected chi connectivity index (χ3v) is 4.59. The minimum atomic E-state index is -0.900. The molecule has 27 heavy (non-hydrogen) atoms. The van der Waals surface area contributed by atoms with E-state index >= 15 is 0 Å². The van der Waals surface area contributed by atoms with Crippen molar-refractivity contribution in [3.63, 3.8) is 0 Å². The molecule has 0 aliphatic heterocycles. The standard InChI is InChI=1S/C20H29N3O4/c1-4-10-22-16-7-5-6-8-17(16)23(20(22)27)11-9-18(24)21-13-15(19(25)26)12-14(2)3/h5-8,14-15H,4,9-13H2,1-3H3,(H,21,24)(H,25,26). The van der Waals surface area contributed by atoms with E-state index in [0.29, 0.717) is 13.0 Å². The Balaban J connectivity index is 2.04. The summed E-state index contributed by atoms with van der Waals surface area (Å²) in [6.07, 6.45) is 1.49. The maximum Gasteiger partial charge on any atom is 0.329 e. The molecule has 1 atom stereocenters. The molecule has 1 heterocycles. The number of imidazole rings is 1. The van der Waals surface area contributed by atoms with Crippen molar-refractivity contribution in [2.75, 3.05) is 6.54 Å². The summed E-state index contributed by atoms with van der Waals surface area (Å²) in [5.41, 5.74) is 1.56. The quantitative estimate of drug-likeness (QED) is 0.667. The van der Waals surface area contributed by atoms with Crippen molar-refractivity contribution in [1.82, 2.24) is 14.5 Å². The summed E-state index contributed by atoms with van der Waals surface area (Å²) in [7, 11) is 0. The highest BCUT2D eigenvalue weighted by atomic mass is 16.4. The van der Waals surface area contributed by atoms with Crippen LogP contribution in [0.4, 0.5) is 0 Å². The number of carboxylic acid groups (broad SMARTS) is 1. The number of amides is 1. The van der Waals surface area contributed by atoms with Crippen LogP contribution in [0.25, 0.3) is 11.0 Å². The van der Waals surface area contributed by atoms with E-state index in [0.717, 1.165) is 17.5 Å². The molecule has 1 unspecified atom stereocenters. The number of aromatic nitrogens is 2. The third-order valence-electron chi connectivity index (χ3n) is 4.59. The molecule has 7 heteroatoms. The number of carbonyl (C=O) groups is 2. The molecule has 148 valence electrons. The molecule has 2 N–H and O–H groups in total. The SMILES string of the molecule is CCCn1c(=O)n(CCC(=O)NCC(CC(C)C)C(=O)O)c2ccccc21. The first-order chi connectivity index (χ1) is 12.8. The molecular weight excluding hydrogens is 346 g/mol. The zero-order valence-electron chi connectivity index (χ0n) is 16.3. The van der Waals surface area contributed by atoms with Gasteiger partial charge in [-0.2, -0.15) is 0 Å². The Hall–Kier alpha value is -2.57. The second-order valence-corrected chi connectivity index (χ2v) is 7.29. The summed E-state index contributed by atoms with van der Waals surface area (Å²) in [5.74, 6) is -1.50. The number of rotatable bonds is 10. The van der Waals surface area contributed by atoms with Gasteiger partial charge in [0.1, 0.15) is 0 Å². The number of fused-ring (bicyclic) bond motifs is 1. The molecule has 0 aliphatic rings. The van der Waals surface area contributed by atoms with Gasteiger partial charge in [-0.1, -0.05) is 32.9 Å². The van der Waals surface area contributed by atoms with Crippen molar-refractivity contribution >= 4 is 22.9 Å². The van der Waals surface area contributed by atoms with Crippen molar-refractivity contribution in [1.29, 1.82) is 0 Å². The van der Waals surface area contributed by atoms with E-state index in [1.54, 1.807) is 9.13 Å². The number of para-hydroxylation sites is 2. The van der Waals surface area contributed by atoms with E-state index < -0.39 is 11.9 Å². The first-order valence-electron chi connectivity index (χ1n) is 9.52. The van der Waals surface area contributed by atoms with Crippen molar-refractivity contribution < 1.29 is 14.7 Å². The molecule has 0 spiro atoms. The lowest BCUT2D eigenvalue weighted by atomic mass is 9.97. The highest BCUT2D eigenvalue weighted by Gasteiger charge is 2.20. The lowest BCUT2D eigenvalue weighted by Gasteiger charge is -2.15. The van der Waals surface area contributed by atoms with Gasteiger partial charge in [-0.3, -0.25) is 18.7 Å². The summed E-state index contributed by atoms with van der Waals surface area (Å²) in [4.78, 5) is 36.1. The molecule has 0 radical (unpaired) electrons. The number of carboxylic acids is 1. The van der Waals surface area contributed by atoms with Crippen LogP contribution in [0.15, 0.2) is 29.1 Å². The molecule has 0 saturated heterocycles. The zero-order valence-corrected chi connectivity index (χ0v) is 16.3. The Morgan fingerprint density at radius 2 is 1.70 bits per heavy atom. The number of benzene rings is 1. The topological polar surface area (TPSA) is 93.3 Å². The van der Waals surface area contributed by atoms with Crippen molar-refractivity contribution in [3.05, 3.63) is 34.7 Å². The van der Waals surface area contributed by atoms with E-state index in [-0.39, 0.29) is 37.0 Å². The Morgan fingerprint density at radius 3 is 2.22 bits per heavy atom. The van der Waals surface area contributed by atoms with Crippen LogP contribution >= 0.6 is 0 Å². The number of carbonyl (C=O) groups excluding carboxylic acids is 1. The molecule has 1 aromatic heterocycles. The Labute approximate surface area is 159 Å².